The van der Waals surface area contributed by atoms with Gasteiger partial charge in [-0.1, -0.05) is 60.7 Å². The highest BCUT2D eigenvalue weighted by Gasteiger charge is 2.33. The minimum atomic E-state index is 0.133. The number of benzene rings is 2. The summed E-state index contributed by atoms with van der Waals surface area (Å²) in [4.78, 5) is 2.40. The van der Waals surface area contributed by atoms with E-state index in [9.17, 15) is 0 Å². The number of ether oxygens (including phenoxy) is 2. The van der Waals surface area contributed by atoms with Gasteiger partial charge in [0.1, 0.15) is 0 Å². The van der Waals surface area contributed by atoms with Crippen LogP contribution in [0.5, 0.6) is 0 Å². The summed E-state index contributed by atoms with van der Waals surface area (Å²) in [5.41, 5.74) is 2.54. The second kappa shape index (κ2) is 7.54. The van der Waals surface area contributed by atoms with Crippen molar-refractivity contribution in [3.8, 4) is 0 Å². The van der Waals surface area contributed by atoms with Gasteiger partial charge in [-0.2, -0.15) is 0 Å². The van der Waals surface area contributed by atoms with E-state index >= 15 is 0 Å². The van der Waals surface area contributed by atoms with Gasteiger partial charge in [0.25, 0.3) is 0 Å². The predicted octanol–water partition coefficient (Wildman–Crippen LogP) is 3.10. The fourth-order valence-electron chi connectivity index (χ4n) is 2.95. The van der Waals surface area contributed by atoms with E-state index in [0.717, 1.165) is 19.6 Å². The topological polar surface area (TPSA) is 21.7 Å². The Balaban J connectivity index is 1.55. The van der Waals surface area contributed by atoms with E-state index in [1.807, 2.05) is 18.2 Å². The Morgan fingerprint density at radius 3 is 2.09 bits per heavy atom. The van der Waals surface area contributed by atoms with E-state index in [-0.39, 0.29) is 12.2 Å². The highest BCUT2D eigenvalue weighted by Crippen LogP contribution is 2.20. The molecule has 22 heavy (non-hydrogen) atoms. The van der Waals surface area contributed by atoms with Gasteiger partial charge in [0.2, 0.25) is 0 Å². The van der Waals surface area contributed by atoms with Gasteiger partial charge in [0.15, 0.2) is 0 Å². The molecular formula is C19H23NO2. The lowest BCUT2D eigenvalue weighted by molar-refractivity contribution is -0.0357. The summed E-state index contributed by atoms with van der Waals surface area (Å²) in [5.74, 6) is 0. The highest BCUT2D eigenvalue weighted by molar-refractivity contribution is 5.15. The molecule has 2 aromatic rings. The van der Waals surface area contributed by atoms with Crippen LogP contribution in [0.4, 0.5) is 0 Å². The van der Waals surface area contributed by atoms with Crippen LogP contribution >= 0.6 is 0 Å². The zero-order valence-electron chi connectivity index (χ0n) is 13.0. The summed E-state index contributed by atoms with van der Waals surface area (Å²) in [5, 5.41) is 0. The van der Waals surface area contributed by atoms with Crippen LogP contribution in [0.3, 0.4) is 0 Å². The largest absolute Gasteiger partial charge is 0.377 e. The molecule has 1 aliphatic rings. The van der Waals surface area contributed by atoms with Gasteiger partial charge in [-0.15, -0.1) is 0 Å². The lowest BCUT2D eigenvalue weighted by Crippen LogP contribution is -2.28. The van der Waals surface area contributed by atoms with Crippen molar-refractivity contribution in [3.63, 3.8) is 0 Å². The number of methoxy groups -OCH3 is 1. The molecule has 1 heterocycles. The van der Waals surface area contributed by atoms with E-state index in [2.05, 4.69) is 47.4 Å². The van der Waals surface area contributed by atoms with Crippen molar-refractivity contribution < 1.29 is 9.47 Å². The van der Waals surface area contributed by atoms with Crippen molar-refractivity contribution in [1.82, 2.24) is 4.90 Å². The molecule has 0 aliphatic carbocycles. The number of likely N-dealkylation sites (tertiary alicyclic amines) is 1. The van der Waals surface area contributed by atoms with Crippen LogP contribution in [0.2, 0.25) is 0 Å². The van der Waals surface area contributed by atoms with Crippen LogP contribution in [0, 0.1) is 0 Å². The maximum atomic E-state index is 6.09. The molecule has 0 N–H and O–H groups in total. The molecular weight excluding hydrogens is 274 g/mol. The second-order valence-electron chi connectivity index (χ2n) is 5.79. The molecule has 0 bridgehead atoms. The quantitative estimate of drug-likeness (QED) is 0.818. The van der Waals surface area contributed by atoms with E-state index < -0.39 is 0 Å². The van der Waals surface area contributed by atoms with E-state index in [1.54, 1.807) is 7.11 Å². The molecule has 0 saturated carbocycles. The minimum Gasteiger partial charge on any atom is -0.377 e. The van der Waals surface area contributed by atoms with Crippen LogP contribution in [0.15, 0.2) is 60.7 Å². The normalized spacial score (nSPS) is 22.0. The molecule has 3 nitrogen and oxygen atoms in total. The Hall–Kier alpha value is -1.68. The van der Waals surface area contributed by atoms with Crippen molar-refractivity contribution >= 4 is 0 Å². The van der Waals surface area contributed by atoms with Crippen LogP contribution in [0.25, 0.3) is 0 Å². The van der Waals surface area contributed by atoms with Crippen molar-refractivity contribution in [3.05, 3.63) is 71.8 Å². The predicted molar refractivity (Wildman–Crippen MR) is 87.5 cm³/mol. The summed E-state index contributed by atoms with van der Waals surface area (Å²) in [7, 11) is 1.77. The van der Waals surface area contributed by atoms with Gasteiger partial charge in [-0.25, -0.2) is 0 Å². The number of rotatable bonds is 6. The molecule has 0 radical (unpaired) electrons. The summed E-state index contributed by atoms with van der Waals surface area (Å²) < 4.78 is 11.7. The zero-order chi connectivity index (χ0) is 15.2. The lowest BCUT2D eigenvalue weighted by atomic mass is 10.2. The molecule has 2 unspecified atom stereocenters. The molecule has 0 spiro atoms. The number of hydrogen-bond donors (Lipinski definition) is 0. The zero-order valence-corrected chi connectivity index (χ0v) is 13.0. The average molecular weight is 297 g/mol. The molecule has 0 amide bonds. The Morgan fingerprint density at radius 1 is 0.864 bits per heavy atom. The molecule has 2 atom stereocenters. The van der Waals surface area contributed by atoms with Crippen molar-refractivity contribution in [2.45, 2.75) is 25.4 Å². The maximum Gasteiger partial charge on any atom is 0.0980 e. The third kappa shape index (κ3) is 3.95. The van der Waals surface area contributed by atoms with Gasteiger partial charge >= 0.3 is 0 Å². The van der Waals surface area contributed by atoms with Gasteiger partial charge in [-0.3, -0.25) is 4.90 Å². The Morgan fingerprint density at radius 2 is 1.45 bits per heavy atom. The molecule has 116 valence electrons. The monoisotopic (exact) mass is 297 g/mol. The smallest absolute Gasteiger partial charge is 0.0980 e. The molecule has 0 aromatic heterocycles. The Bertz CT molecular complexity index is 558. The standard InChI is InChI=1S/C19H23NO2/c1-21-18-13-20(12-16-8-4-2-5-9-16)14-19(18)22-15-17-10-6-3-7-11-17/h2-11,18-19H,12-15H2,1H3. The van der Waals surface area contributed by atoms with Crippen molar-refractivity contribution in [2.24, 2.45) is 0 Å². The average Bonchev–Trinajstić information content (AvgIpc) is 2.97. The fraction of sp³-hybridized carbons (Fsp3) is 0.368. The summed E-state index contributed by atoms with van der Waals surface area (Å²) in [6.45, 7) is 3.43. The van der Waals surface area contributed by atoms with Gasteiger partial charge < -0.3 is 9.47 Å². The minimum absolute atomic E-state index is 0.133. The molecule has 3 rings (SSSR count). The number of hydrogen-bond acceptors (Lipinski definition) is 3. The third-order valence-corrected chi connectivity index (χ3v) is 4.15. The maximum absolute atomic E-state index is 6.09. The highest BCUT2D eigenvalue weighted by atomic mass is 16.5. The van der Waals surface area contributed by atoms with Crippen molar-refractivity contribution in [2.75, 3.05) is 20.2 Å². The first-order valence-corrected chi connectivity index (χ1v) is 7.80. The third-order valence-electron chi connectivity index (χ3n) is 4.15. The molecule has 3 heteroatoms. The van der Waals surface area contributed by atoms with Crippen LogP contribution < -0.4 is 0 Å². The fourth-order valence-corrected chi connectivity index (χ4v) is 2.95. The van der Waals surface area contributed by atoms with Crippen molar-refractivity contribution in [1.29, 1.82) is 0 Å². The van der Waals surface area contributed by atoms with Crippen LogP contribution in [-0.2, 0) is 22.6 Å². The molecule has 1 saturated heterocycles. The molecule has 1 fully saturated rings. The summed E-state index contributed by atoms with van der Waals surface area (Å²) in [6.07, 6.45) is 0.279. The Labute approximate surface area is 132 Å². The van der Waals surface area contributed by atoms with Gasteiger partial charge in [0.05, 0.1) is 18.8 Å². The summed E-state index contributed by atoms with van der Waals surface area (Å²) in [6, 6.07) is 20.9. The molecule has 2 aromatic carbocycles. The van der Waals surface area contributed by atoms with E-state index in [4.69, 9.17) is 9.47 Å². The lowest BCUT2D eigenvalue weighted by Gasteiger charge is -2.17. The van der Waals surface area contributed by atoms with E-state index in [1.165, 1.54) is 11.1 Å². The van der Waals surface area contributed by atoms with Crippen LogP contribution in [0.1, 0.15) is 11.1 Å². The Kier molecular flexibility index (Phi) is 5.22. The SMILES string of the molecule is COC1CN(Cc2ccccc2)CC1OCc1ccccc1. The first kappa shape index (κ1) is 15.2. The van der Waals surface area contributed by atoms with E-state index in [0.29, 0.717) is 6.61 Å². The first-order chi connectivity index (χ1) is 10.8. The van der Waals surface area contributed by atoms with Gasteiger partial charge in [0, 0.05) is 26.7 Å². The number of nitrogens with zero attached hydrogens (tertiary/aromatic N) is 1. The first-order valence-electron chi connectivity index (χ1n) is 7.80. The van der Waals surface area contributed by atoms with Gasteiger partial charge in [-0.05, 0) is 11.1 Å². The molecule has 1 aliphatic heterocycles. The van der Waals surface area contributed by atoms with Crippen LogP contribution in [-0.4, -0.2) is 37.3 Å². The second-order valence-corrected chi connectivity index (χ2v) is 5.79. The summed E-state index contributed by atoms with van der Waals surface area (Å²) >= 11 is 0.